The Morgan fingerprint density at radius 3 is 2.55 bits per heavy atom. The number of amides is 1. The first-order valence-electron chi connectivity index (χ1n) is 7.65. The molecular formula is C19H23NO2. The molecule has 116 valence electrons. The minimum Gasteiger partial charge on any atom is -0.491 e. The number of carbonyl (C=O) groups excluding carboxylic acids is 1. The molecule has 2 aromatic rings. The summed E-state index contributed by atoms with van der Waals surface area (Å²) in [6.45, 7) is 6.02. The number of hydrogen-bond acceptors (Lipinski definition) is 2. The number of ether oxygens (including phenoxy) is 1. The second-order valence-electron chi connectivity index (χ2n) is 5.73. The molecule has 0 fully saturated rings. The summed E-state index contributed by atoms with van der Waals surface area (Å²) in [6.07, 6.45) is 1.33. The molecule has 0 aliphatic carbocycles. The minimum atomic E-state index is 0.0160. The number of nitrogens with one attached hydrogen (secondary N) is 1. The maximum Gasteiger partial charge on any atom is 0.224 e. The van der Waals surface area contributed by atoms with Gasteiger partial charge in [0.05, 0.1) is 6.10 Å². The van der Waals surface area contributed by atoms with Crippen molar-refractivity contribution in [2.24, 2.45) is 0 Å². The fourth-order valence-electron chi connectivity index (χ4n) is 2.16. The molecule has 0 saturated heterocycles. The van der Waals surface area contributed by atoms with Crippen molar-refractivity contribution < 1.29 is 9.53 Å². The highest BCUT2D eigenvalue weighted by molar-refractivity contribution is 5.91. The molecule has 3 heteroatoms. The molecule has 0 saturated carbocycles. The van der Waals surface area contributed by atoms with Crippen LogP contribution in [0.15, 0.2) is 48.5 Å². The maximum absolute atomic E-state index is 12.0. The van der Waals surface area contributed by atoms with E-state index in [0.29, 0.717) is 6.42 Å². The van der Waals surface area contributed by atoms with E-state index in [1.54, 1.807) is 0 Å². The standard InChI is InChI=1S/C19H23NO2/c1-14(2)22-18-6-4-5-17(13-18)20-19(21)12-11-16-9-7-15(3)8-10-16/h4-10,13-14H,11-12H2,1-3H3,(H,20,21). The van der Waals surface area contributed by atoms with Gasteiger partial charge in [0.2, 0.25) is 5.91 Å². The van der Waals surface area contributed by atoms with Crippen LogP contribution in [0.1, 0.15) is 31.4 Å². The summed E-state index contributed by atoms with van der Waals surface area (Å²) in [5.74, 6) is 0.786. The van der Waals surface area contributed by atoms with E-state index in [1.165, 1.54) is 11.1 Å². The molecule has 3 nitrogen and oxygen atoms in total. The molecule has 2 rings (SSSR count). The topological polar surface area (TPSA) is 38.3 Å². The Labute approximate surface area is 132 Å². The van der Waals surface area contributed by atoms with Gasteiger partial charge in [-0.25, -0.2) is 0 Å². The molecule has 0 aliphatic rings. The van der Waals surface area contributed by atoms with Gasteiger partial charge in [-0.15, -0.1) is 0 Å². The average molecular weight is 297 g/mol. The van der Waals surface area contributed by atoms with Crippen molar-refractivity contribution >= 4 is 11.6 Å². The van der Waals surface area contributed by atoms with E-state index in [0.717, 1.165) is 17.9 Å². The van der Waals surface area contributed by atoms with Crippen molar-refractivity contribution in [3.05, 3.63) is 59.7 Å². The second kappa shape index (κ2) is 7.64. The van der Waals surface area contributed by atoms with Crippen molar-refractivity contribution in [3.63, 3.8) is 0 Å². The lowest BCUT2D eigenvalue weighted by molar-refractivity contribution is -0.116. The van der Waals surface area contributed by atoms with Crippen LogP contribution in [0.4, 0.5) is 5.69 Å². The molecule has 22 heavy (non-hydrogen) atoms. The van der Waals surface area contributed by atoms with Gasteiger partial charge >= 0.3 is 0 Å². The highest BCUT2D eigenvalue weighted by Crippen LogP contribution is 2.19. The zero-order valence-corrected chi connectivity index (χ0v) is 13.4. The molecule has 2 aromatic carbocycles. The molecule has 0 aromatic heterocycles. The van der Waals surface area contributed by atoms with Crippen molar-refractivity contribution in [1.29, 1.82) is 0 Å². The Morgan fingerprint density at radius 2 is 1.86 bits per heavy atom. The molecule has 0 heterocycles. The van der Waals surface area contributed by atoms with Gasteiger partial charge in [-0.3, -0.25) is 4.79 Å². The molecule has 0 unspecified atom stereocenters. The Hall–Kier alpha value is -2.29. The average Bonchev–Trinajstić information content (AvgIpc) is 2.46. The number of benzene rings is 2. The van der Waals surface area contributed by atoms with E-state index in [4.69, 9.17) is 4.74 Å². The van der Waals surface area contributed by atoms with Crippen molar-refractivity contribution in [3.8, 4) is 5.75 Å². The monoisotopic (exact) mass is 297 g/mol. The highest BCUT2D eigenvalue weighted by Gasteiger charge is 2.05. The number of hydrogen-bond donors (Lipinski definition) is 1. The number of carbonyl (C=O) groups is 1. The maximum atomic E-state index is 12.0. The number of aryl methyl sites for hydroxylation is 2. The summed E-state index contributed by atoms with van der Waals surface area (Å²) < 4.78 is 5.63. The van der Waals surface area contributed by atoms with E-state index < -0.39 is 0 Å². The van der Waals surface area contributed by atoms with Gasteiger partial charge in [-0.2, -0.15) is 0 Å². The molecule has 0 atom stereocenters. The van der Waals surface area contributed by atoms with Crippen LogP contribution in [0.3, 0.4) is 0 Å². The predicted molar refractivity (Wildman–Crippen MR) is 90.3 cm³/mol. The third-order valence-electron chi connectivity index (χ3n) is 3.25. The SMILES string of the molecule is Cc1ccc(CCC(=O)Nc2cccc(OC(C)C)c2)cc1. The summed E-state index contributed by atoms with van der Waals surface area (Å²) >= 11 is 0. The molecule has 0 aliphatic heterocycles. The fraction of sp³-hybridized carbons (Fsp3) is 0.316. The summed E-state index contributed by atoms with van der Waals surface area (Å²) in [5.41, 5.74) is 3.18. The van der Waals surface area contributed by atoms with Crippen LogP contribution in [-0.2, 0) is 11.2 Å². The van der Waals surface area contributed by atoms with Gasteiger partial charge in [0, 0.05) is 18.2 Å². The zero-order valence-electron chi connectivity index (χ0n) is 13.4. The summed E-state index contributed by atoms with van der Waals surface area (Å²) in [4.78, 5) is 12.0. The Morgan fingerprint density at radius 1 is 1.14 bits per heavy atom. The van der Waals surface area contributed by atoms with Crippen LogP contribution in [0, 0.1) is 6.92 Å². The van der Waals surface area contributed by atoms with E-state index >= 15 is 0 Å². The largest absolute Gasteiger partial charge is 0.491 e. The first kappa shape index (κ1) is 16.1. The van der Waals surface area contributed by atoms with Gasteiger partial charge in [0.15, 0.2) is 0 Å². The van der Waals surface area contributed by atoms with Crippen LogP contribution in [0.5, 0.6) is 5.75 Å². The van der Waals surface area contributed by atoms with Crippen LogP contribution < -0.4 is 10.1 Å². The normalized spacial score (nSPS) is 10.5. The van der Waals surface area contributed by atoms with Gasteiger partial charge < -0.3 is 10.1 Å². The van der Waals surface area contributed by atoms with E-state index in [1.807, 2.05) is 38.1 Å². The molecule has 0 radical (unpaired) electrons. The summed E-state index contributed by atoms with van der Waals surface area (Å²) in [5, 5.41) is 2.92. The van der Waals surface area contributed by atoms with Crippen molar-refractivity contribution in [2.45, 2.75) is 39.7 Å². The summed E-state index contributed by atoms with van der Waals surface area (Å²) in [6, 6.07) is 15.8. The van der Waals surface area contributed by atoms with Crippen LogP contribution in [0.25, 0.3) is 0 Å². The smallest absolute Gasteiger partial charge is 0.224 e. The van der Waals surface area contributed by atoms with Crippen LogP contribution in [0.2, 0.25) is 0 Å². The van der Waals surface area contributed by atoms with Gasteiger partial charge in [0.25, 0.3) is 0 Å². The highest BCUT2D eigenvalue weighted by atomic mass is 16.5. The second-order valence-corrected chi connectivity index (χ2v) is 5.73. The minimum absolute atomic E-state index is 0.0160. The Kier molecular flexibility index (Phi) is 5.59. The fourth-order valence-corrected chi connectivity index (χ4v) is 2.16. The van der Waals surface area contributed by atoms with E-state index in [2.05, 4.69) is 36.5 Å². The lowest BCUT2D eigenvalue weighted by Crippen LogP contribution is -2.12. The van der Waals surface area contributed by atoms with Crippen molar-refractivity contribution in [1.82, 2.24) is 0 Å². The molecule has 1 N–H and O–H groups in total. The lowest BCUT2D eigenvalue weighted by Gasteiger charge is -2.11. The van der Waals surface area contributed by atoms with E-state index in [-0.39, 0.29) is 12.0 Å². The number of rotatable bonds is 6. The third-order valence-corrected chi connectivity index (χ3v) is 3.25. The first-order valence-corrected chi connectivity index (χ1v) is 7.65. The van der Waals surface area contributed by atoms with Gasteiger partial charge in [0.1, 0.15) is 5.75 Å². The Balaban J connectivity index is 1.87. The summed E-state index contributed by atoms with van der Waals surface area (Å²) in [7, 11) is 0. The number of anilines is 1. The predicted octanol–water partition coefficient (Wildman–Crippen LogP) is 4.35. The molecule has 0 bridgehead atoms. The van der Waals surface area contributed by atoms with Crippen molar-refractivity contribution in [2.75, 3.05) is 5.32 Å². The molecule has 1 amide bonds. The first-order chi connectivity index (χ1) is 10.5. The van der Waals surface area contributed by atoms with Crippen LogP contribution in [-0.4, -0.2) is 12.0 Å². The molecular weight excluding hydrogens is 274 g/mol. The van der Waals surface area contributed by atoms with E-state index in [9.17, 15) is 4.79 Å². The third kappa shape index (κ3) is 5.24. The molecule has 0 spiro atoms. The zero-order chi connectivity index (χ0) is 15.9. The Bertz CT molecular complexity index is 618. The lowest BCUT2D eigenvalue weighted by atomic mass is 10.1. The van der Waals surface area contributed by atoms with Crippen LogP contribution >= 0.6 is 0 Å². The van der Waals surface area contributed by atoms with Gasteiger partial charge in [-0.1, -0.05) is 35.9 Å². The van der Waals surface area contributed by atoms with Gasteiger partial charge in [-0.05, 0) is 44.9 Å². The quantitative estimate of drug-likeness (QED) is 0.860.